The van der Waals surface area contributed by atoms with Gasteiger partial charge in [0, 0.05) is 11.8 Å². The van der Waals surface area contributed by atoms with Gasteiger partial charge in [-0.25, -0.2) is 8.78 Å². The molecule has 0 unspecified atom stereocenters. The average Bonchev–Trinajstić information content (AvgIpc) is 2.25. The second kappa shape index (κ2) is 5.05. The number of nitrogens with two attached hydrogens (primary N) is 1. The van der Waals surface area contributed by atoms with Crippen molar-refractivity contribution in [2.75, 3.05) is 0 Å². The lowest BCUT2D eigenvalue weighted by Gasteiger charge is -2.16. The number of hydrogen-bond acceptors (Lipinski definition) is 2. The minimum Gasteiger partial charge on any atom is -0.366 e. The van der Waals surface area contributed by atoms with Crippen LogP contribution in [0.4, 0.5) is 22.0 Å². The normalized spacial score (nSPS) is 11.9. The van der Waals surface area contributed by atoms with Gasteiger partial charge in [-0.15, -0.1) is 11.6 Å². The van der Waals surface area contributed by atoms with E-state index in [9.17, 15) is 26.7 Å². The molecule has 9 heteroatoms. The third kappa shape index (κ3) is 2.69. The summed E-state index contributed by atoms with van der Waals surface area (Å²) in [5, 5.41) is 0. The first kappa shape index (κ1) is 14.6. The van der Waals surface area contributed by atoms with E-state index in [2.05, 4.69) is 4.98 Å². The summed E-state index contributed by atoms with van der Waals surface area (Å²) in [5.74, 6) is -1.93. The molecule has 100 valence electrons. The van der Waals surface area contributed by atoms with Crippen molar-refractivity contribution in [3.63, 3.8) is 0 Å². The van der Waals surface area contributed by atoms with Crippen LogP contribution < -0.4 is 5.73 Å². The number of carbonyl (C=O) groups excluding carboxylic acids is 1. The highest BCUT2D eigenvalue weighted by Gasteiger charge is 2.39. The highest BCUT2D eigenvalue weighted by Crippen LogP contribution is 2.38. The zero-order chi connectivity index (χ0) is 14.1. The van der Waals surface area contributed by atoms with E-state index in [4.69, 9.17) is 17.3 Å². The molecule has 0 saturated heterocycles. The monoisotopic (exact) mass is 288 g/mol. The Bertz CT molecular complexity index is 475. The summed E-state index contributed by atoms with van der Waals surface area (Å²) in [6.07, 6.45) is -8.37. The fourth-order valence-electron chi connectivity index (χ4n) is 1.40. The van der Waals surface area contributed by atoms with Crippen LogP contribution in [-0.4, -0.2) is 10.9 Å². The van der Waals surface area contributed by atoms with Crippen molar-refractivity contribution in [2.24, 2.45) is 5.73 Å². The molecule has 0 radical (unpaired) electrons. The molecule has 0 atom stereocenters. The van der Waals surface area contributed by atoms with Gasteiger partial charge in [-0.2, -0.15) is 13.2 Å². The summed E-state index contributed by atoms with van der Waals surface area (Å²) >= 11 is 5.32. The van der Waals surface area contributed by atoms with Crippen molar-refractivity contribution in [2.45, 2.75) is 18.5 Å². The lowest BCUT2D eigenvalue weighted by atomic mass is 10.0. The molecule has 1 heterocycles. The quantitative estimate of drug-likeness (QED) is 0.687. The Balaban J connectivity index is 3.68. The van der Waals surface area contributed by atoms with Gasteiger partial charge >= 0.3 is 6.18 Å². The van der Waals surface area contributed by atoms with Crippen molar-refractivity contribution in [3.8, 4) is 0 Å². The van der Waals surface area contributed by atoms with Crippen LogP contribution in [0.15, 0.2) is 6.20 Å². The minimum absolute atomic E-state index is 0.214. The molecule has 0 aliphatic heterocycles. The number of alkyl halides is 6. The first-order valence-electron chi connectivity index (χ1n) is 4.43. The maximum absolute atomic E-state index is 12.7. The van der Waals surface area contributed by atoms with Gasteiger partial charge < -0.3 is 5.73 Å². The lowest BCUT2D eigenvalue weighted by Crippen LogP contribution is -2.22. The van der Waals surface area contributed by atoms with Crippen LogP contribution >= 0.6 is 11.6 Å². The second-order valence-corrected chi connectivity index (χ2v) is 3.47. The van der Waals surface area contributed by atoms with Gasteiger partial charge in [-0.1, -0.05) is 0 Å². The van der Waals surface area contributed by atoms with Crippen LogP contribution in [0.3, 0.4) is 0 Å². The molecule has 2 N–H and O–H groups in total. The maximum Gasteiger partial charge on any atom is 0.418 e. The Morgan fingerprint density at radius 2 is 2.00 bits per heavy atom. The van der Waals surface area contributed by atoms with Crippen molar-refractivity contribution in [1.82, 2.24) is 4.98 Å². The summed E-state index contributed by atoms with van der Waals surface area (Å²) in [6, 6.07) is 0. The number of amides is 1. The average molecular weight is 289 g/mol. The summed E-state index contributed by atoms with van der Waals surface area (Å²) in [4.78, 5) is 14.2. The Hall–Kier alpha value is -1.44. The number of aromatic nitrogens is 1. The van der Waals surface area contributed by atoms with Crippen LogP contribution in [-0.2, 0) is 12.1 Å². The predicted molar refractivity (Wildman–Crippen MR) is 52.3 cm³/mol. The molecule has 1 amide bonds. The number of carbonyl (C=O) groups is 1. The molecule has 3 nitrogen and oxygen atoms in total. The molecule has 1 rings (SSSR count). The van der Waals surface area contributed by atoms with Crippen molar-refractivity contribution < 1.29 is 26.7 Å². The summed E-state index contributed by atoms with van der Waals surface area (Å²) in [6.45, 7) is 0. The molecule has 0 bridgehead atoms. The molecule has 0 spiro atoms. The minimum atomic E-state index is -5.06. The number of nitrogens with zero attached hydrogens (tertiary/aromatic N) is 1. The number of hydrogen-bond donors (Lipinski definition) is 1. The molecule has 0 fully saturated rings. The fourth-order valence-corrected chi connectivity index (χ4v) is 1.60. The highest BCUT2D eigenvalue weighted by molar-refractivity contribution is 6.17. The van der Waals surface area contributed by atoms with E-state index in [0.29, 0.717) is 0 Å². The molecular formula is C9H6ClF5N2O. The predicted octanol–water partition coefficient (Wildman–Crippen LogP) is 2.88. The van der Waals surface area contributed by atoms with E-state index < -0.39 is 46.8 Å². The summed E-state index contributed by atoms with van der Waals surface area (Å²) in [5.41, 5.74) is 0.236. The van der Waals surface area contributed by atoms with E-state index in [1.165, 1.54) is 0 Å². The Morgan fingerprint density at radius 3 is 2.33 bits per heavy atom. The number of pyridine rings is 1. The number of halogens is 6. The molecule has 0 aliphatic rings. The van der Waals surface area contributed by atoms with E-state index >= 15 is 0 Å². The Kier molecular flexibility index (Phi) is 4.10. The van der Waals surface area contributed by atoms with Gasteiger partial charge in [0.05, 0.1) is 22.7 Å². The standard InChI is InChI=1S/C9H6ClF5N2O/c10-1-4-6(8(16)18)5(7(11)12)3(2-17-4)9(13,14)15/h2,7H,1H2,(H2,16,18). The largest absolute Gasteiger partial charge is 0.418 e. The third-order valence-electron chi connectivity index (χ3n) is 2.09. The summed E-state index contributed by atoms with van der Waals surface area (Å²) in [7, 11) is 0. The highest BCUT2D eigenvalue weighted by atomic mass is 35.5. The van der Waals surface area contributed by atoms with Crippen molar-refractivity contribution in [1.29, 1.82) is 0 Å². The smallest absolute Gasteiger partial charge is 0.366 e. The van der Waals surface area contributed by atoms with E-state index in [-0.39, 0.29) is 6.20 Å². The molecule has 0 aliphatic carbocycles. The van der Waals surface area contributed by atoms with E-state index in [0.717, 1.165) is 0 Å². The van der Waals surface area contributed by atoms with Crippen LogP contribution in [0.5, 0.6) is 0 Å². The summed E-state index contributed by atoms with van der Waals surface area (Å²) < 4.78 is 63.0. The van der Waals surface area contributed by atoms with Crippen molar-refractivity contribution in [3.05, 3.63) is 28.6 Å². The molecule has 18 heavy (non-hydrogen) atoms. The fraction of sp³-hybridized carbons (Fsp3) is 0.333. The molecular weight excluding hydrogens is 283 g/mol. The van der Waals surface area contributed by atoms with Crippen LogP contribution in [0, 0.1) is 0 Å². The van der Waals surface area contributed by atoms with Gasteiger partial charge in [-0.05, 0) is 0 Å². The number of rotatable bonds is 3. The maximum atomic E-state index is 12.7. The SMILES string of the molecule is NC(=O)c1c(CCl)ncc(C(F)(F)F)c1C(F)F. The van der Waals surface area contributed by atoms with Gasteiger partial charge in [0.2, 0.25) is 0 Å². The first-order valence-corrected chi connectivity index (χ1v) is 4.96. The van der Waals surface area contributed by atoms with E-state index in [1.807, 2.05) is 0 Å². The molecule has 1 aromatic rings. The Labute approximate surface area is 103 Å². The zero-order valence-electron chi connectivity index (χ0n) is 8.56. The second-order valence-electron chi connectivity index (χ2n) is 3.20. The van der Waals surface area contributed by atoms with Gasteiger partial charge in [-0.3, -0.25) is 9.78 Å². The topological polar surface area (TPSA) is 56.0 Å². The first-order chi connectivity index (χ1) is 8.20. The Morgan fingerprint density at radius 1 is 1.44 bits per heavy atom. The van der Waals surface area contributed by atoms with Crippen LogP contribution in [0.25, 0.3) is 0 Å². The number of primary amides is 1. The molecule has 0 aromatic carbocycles. The molecule has 0 saturated carbocycles. The zero-order valence-corrected chi connectivity index (χ0v) is 9.32. The van der Waals surface area contributed by atoms with Gasteiger partial charge in [0.15, 0.2) is 0 Å². The van der Waals surface area contributed by atoms with Crippen molar-refractivity contribution >= 4 is 17.5 Å². The van der Waals surface area contributed by atoms with Crippen LogP contribution in [0.1, 0.15) is 33.6 Å². The van der Waals surface area contributed by atoms with Gasteiger partial charge in [0.1, 0.15) is 0 Å². The lowest BCUT2D eigenvalue weighted by molar-refractivity contribution is -0.139. The molecule has 1 aromatic heterocycles. The van der Waals surface area contributed by atoms with E-state index in [1.54, 1.807) is 0 Å². The van der Waals surface area contributed by atoms with Crippen LogP contribution in [0.2, 0.25) is 0 Å². The van der Waals surface area contributed by atoms with Gasteiger partial charge in [0.25, 0.3) is 12.3 Å². The third-order valence-corrected chi connectivity index (χ3v) is 2.35.